The summed E-state index contributed by atoms with van der Waals surface area (Å²) >= 11 is 0. The van der Waals surface area contributed by atoms with Crippen LogP contribution < -0.4 is 0 Å². The summed E-state index contributed by atoms with van der Waals surface area (Å²) in [4.78, 5) is 14.1. The van der Waals surface area contributed by atoms with E-state index in [2.05, 4.69) is 18.9 Å². The molecule has 0 aromatic heterocycles. The highest BCUT2D eigenvalue weighted by atomic mass is 16.2. The summed E-state index contributed by atoms with van der Waals surface area (Å²) in [6.07, 6.45) is 6.02. The van der Waals surface area contributed by atoms with Crippen molar-refractivity contribution in [2.75, 3.05) is 26.7 Å². The van der Waals surface area contributed by atoms with Crippen LogP contribution in [0.4, 0.5) is 0 Å². The molecule has 0 aromatic carbocycles. The number of carbonyl (C=O) groups is 1. The highest BCUT2D eigenvalue weighted by Crippen LogP contribution is 2.26. The van der Waals surface area contributed by atoms with Gasteiger partial charge in [0.15, 0.2) is 0 Å². The van der Waals surface area contributed by atoms with Gasteiger partial charge in [0.2, 0.25) is 0 Å². The standard InChI is InChI=1S/C14H27NO2/c1-12-6-7-14(17)13(10-12)11-15(2)8-4-3-5-9-16/h12-13,16H,3-11H2,1-2H3. The summed E-state index contributed by atoms with van der Waals surface area (Å²) in [5, 5.41) is 8.70. The largest absolute Gasteiger partial charge is 0.396 e. The lowest BCUT2D eigenvalue weighted by Gasteiger charge is -2.29. The molecule has 0 spiro atoms. The summed E-state index contributed by atoms with van der Waals surface area (Å²) in [5.41, 5.74) is 0. The molecule has 3 nitrogen and oxygen atoms in total. The van der Waals surface area contributed by atoms with Crippen molar-refractivity contribution in [1.82, 2.24) is 4.90 Å². The number of aliphatic hydroxyl groups excluding tert-OH is 1. The zero-order valence-corrected chi connectivity index (χ0v) is 11.3. The Morgan fingerprint density at radius 2 is 2.12 bits per heavy atom. The maximum absolute atomic E-state index is 11.8. The number of Topliss-reactive ketones (excluding diaryl/α,β-unsaturated/α-hetero) is 1. The molecule has 0 heterocycles. The van der Waals surface area contributed by atoms with Gasteiger partial charge in [-0.3, -0.25) is 4.79 Å². The normalized spacial score (nSPS) is 25.5. The number of hydrogen-bond donors (Lipinski definition) is 1. The van der Waals surface area contributed by atoms with Crippen molar-refractivity contribution in [3.05, 3.63) is 0 Å². The second-order valence-electron chi connectivity index (χ2n) is 5.59. The Hall–Kier alpha value is -0.410. The van der Waals surface area contributed by atoms with E-state index in [1.807, 2.05) is 0 Å². The molecule has 17 heavy (non-hydrogen) atoms. The number of unbranched alkanes of at least 4 members (excludes halogenated alkanes) is 2. The highest BCUT2D eigenvalue weighted by molar-refractivity contribution is 5.81. The Balaban J connectivity index is 2.19. The fraction of sp³-hybridized carbons (Fsp3) is 0.929. The van der Waals surface area contributed by atoms with Gasteiger partial charge in [-0.15, -0.1) is 0 Å². The Kier molecular flexibility index (Phi) is 6.75. The fourth-order valence-corrected chi connectivity index (χ4v) is 2.64. The van der Waals surface area contributed by atoms with Crippen LogP contribution in [0.5, 0.6) is 0 Å². The van der Waals surface area contributed by atoms with Gasteiger partial charge in [0.25, 0.3) is 0 Å². The Morgan fingerprint density at radius 1 is 1.35 bits per heavy atom. The predicted octanol–water partition coefficient (Wildman–Crippen LogP) is 2.09. The lowest BCUT2D eigenvalue weighted by Crippen LogP contribution is -2.34. The van der Waals surface area contributed by atoms with Crippen molar-refractivity contribution in [2.45, 2.75) is 45.4 Å². The monoisotopic (exact) mass is 241 g/mol. The van der Waals surface area contributed by atoms with Crippen molar-refractivity contribution in [2.24, 2.45) is 11.8 Å². The smallest absolute Gasteiger partial charge is 0.137 e. The molecule has 3 heteroatoms. The molecule has 0 aromatic rings. The second-order valence-corrected chi connectivity index (χ2v) is 5.59. The molecule has 1 aliphatic carbocycles. The predicted molar refractivity (Wildman–Crippen MR) is 69.9 cm³/mol. The molecule has 2 unspecified atom stereocenters. The molecule has 0 aliphatic heterocycles. The summed E-state index contributed by atoms with van der Waals surface area (Å²) in [6, 6.07) is 0. The topological polar surface area (TPSA) is 40.5 Å². The maximum Gasteiger partial charge on any atom is 0.137 e. The Morgan fingerprint density at radius 3 is 2.82 bits per heavy atom. The van der Waals surface area contributed by atoms with Crippen LogP contribution >= 0.6 is 0 Å². The van der Waals surface area contributed by atoms with Crippen LogP contribution in [-0.2, 0) is 4.79 Å². The third-order valence-electron chi connectivity index (χ3n) is 3.76. The van der Waals surface area contributed by atoms with Gasteiger partial charge in [-0.2, -0.15) is 0 Å². The molecule has 0 radical (unpaired) electrons. The van der Waals surface area contributed by atoms with Crippen LogP contribution in [0.25, 0.3) is 0 Å². The van der Waals surface area contributed by atoms with Crippen molar-refractivity contribution in [3.63, 3.8) is 0 Å². The van der Waals surface area contributed by atoms with Gasteiger partial charge in [0.1, 0.15) is 5.78 Å². The van der Waals surface area contributed by atoms with Crippen LogP contribution in [0.15, 0.2) is 0 Å². The van der Waals surface area contributed by atoms with Crippen LogP contribution in [0.1, 0.15) is 45.4 Å². The van der Waals surface area contributed by atoms with Gasteiger partial charge in [-0.25, -0.2) is 0 Å². The lowest BCUT2D eigenvalue weighted by molar-refractivity contribution is -0.126. The first-order valence-corrected chi connectivity index (χ1v) is 6.95. The van der Waals surface area contributed by atoms with E-state index in [1.165, 1.54) is 0 Å². The lowest BCUT2D eigenvalue weighted by atomic mass is 9.81. The molecule has 0 amide bonds. The summed E-state index contributed by atoms with van der Waals surface area (Å²) in [7, 11) is 2.10. The zero-order valence-electron chi connectivity index (χ0n) is 11.3. The minimum absolute atomic E-state index is 0.265. The molecule has 0 saturated heterocycles. The molecular formula is C14H27NO2. The maximum atomic E-state index is 11.8. The van der Waals surface area contributed by atoms with Crippen molar-refractivity contribution < 1.29 is 9.90 Å². The summed E-state index contributed by atoms with van der Waals surface area (Å²) in [5.74, 6) is 1.44. The molecular weight excluding hydrogens is 214 g/mol. The average Bonchev–Trinajstić information content (AvgIpc) is 2.29. The third kappa shape index (κ3) is 5.64. The number of ketones is 1. The SMILES string of the molecule is CC1CCC(=O)C(CN(C)CCCCCO)C1. The number of rotatable bonds is 7. The van der Waals surface area contributed by atoms with Crippen LogP contribution in [0, 0.1) is 11.8 Å². The fourth-order valence-electron chi connectivity index (χ4n) is 2.64. The van der Waals surface area contributed by atoms with Gasteiger partial charge in [-0.1, -0.05) is 6.92 Å². The summed E-state index contributed by atoms with van der Waals surface area (Å²) < 4.78 is 0. The van der Waals surface area contributed by atoms with Gasteiger partial charge in [-0.05, 0) is 51.6 Å². The molecule has 1 fully saturated rings. The quantitative estimate of drug-likeness (QED) is 0.694. The van der Waals surface area contributed by atoms with Crippen molar-refractivity contribution in [1.29, 1.82) is 0 Å². The Labute approximate surface area is 105 Å². The van der Waals surface area contributed by atoms with E-state index in [0.717, 1.165) is 51.6 Å². The minimum atomic E-state index is 0.265. The number of aliphatic hydroxyl groups is 1. The molecule has 1 saturated carbocycles. The van der Waals surface area contributed by atoms with Crippen LogP contribution in [0.2, 0.25) is 0 Å². The molecule has 1 rings (SSSR count). The zero-order chi connectivity index (χ0) is 12.7. The van der Waals surface area contributed by atoms with E-state index in [-0.39, 0.29) is 5.92 Å². The van der Waals surface area contributed by atoms with E-state index < -0.39 is 0 Å². The van der Waals surface area contributed by atoms with E-state index >= 15 is 0 Å². The first-order valence-electron chi connectivity index (χ1n) is 6.95. The number of carbonyl (C=O) groups excluding carboxylic acids is 1. The van der Waals surface area contributed by atoms with Crippen molar-refractivity contribution in [3.8, 4) is 0 Å². The average molecular weight is 241 g/mol. The molecule has 100 valence electrons. The first-order chi connectivity index (χ1) is 8.13. The van der Waals surface area contributed by atoms with Crippen LogP contribution in [-0.4, -0.2) is 42.5 Å². The molecule has 0 bridgehead atoms. The first kappa shape index (κ1) is 14.7. The van der Waals surface area contributed by atoms with Crippen LogP contribution in [0.3, 0.4) is 0 Å². The van der Waals surface area contributed by atoms with Gasteiger partial charge < -0.3 is 10.0 Å². The van der Waals surface area contributed by atoms with E-state index in [0.29, 0.717) is 18.3 Å². The van der Waals surface area contributed by atoms with E-state index in [9.17, 15) is 4.79 Å². The molecule has 2 atom stereocenters. The van der Waals surface area contributed by atoms with Crippen molar-refractivity contribution >= 4 is 5.78 Å². The minimum Gasteiger partial charge on any atom is -0.396 e. The number of hydrogen-bond acceptors (Lipinski definition) is 3. The Bertz CT molecular complexity index is 230. The second kappa shape index (κ2) is 7.83. The molecule has 1 N–H and O–H groups in total. The van der Waals surface area contributed by atoms with E-state index in [4.69, 9.17) is 5.11 Å². The van der Waals surface area contributed by atoms with Gasteiger partial charge in [0.05, 0.1) is 0 Å². The third-order valence-corrected chi connectivity index (χ3v) is 3.76. The number of nitrogens with zero attached hydrogens (tertiary/aromatic N) is 1. The van der Waals surface area contributed by atoms with Gasteiger partial charge in [0, 0.05) is 25.5 Å². The van der Waals surface area contributed by atoms with Gasteiger partial charge >= 0.3 is 0 Å². The molecule has 1 aliphatic rings. The highest BCUT2D eigenvalue weighted by Gasteiger charge is 2.26. The summed E-state index contributed by atoms with van der Waals surface area (Å²) in [6.45, 7) is 4.50. The van der Waals surface area contributed by atoms with E-state index in [1.54, 1.807) is 0 Å².